The van der Waals surface area contributed by atoms with Crippen LogP contribution in [0.4, 0.5) is 0 Å². The van der Waals surface area contributed by atoms with E-state index in [9.17, 15) is 9.59 Å². The first-order valence-corrected chi connectivity index (χ1v) is 7.58. The van der Waals surface area contributed by atoms with Crippen LogP contribution < -0.4 is 0 Å². The van der Waals surface area contributed by atoms with E-state index in [-0.39, 0.29) is 18.5 Å². The second kappa shape index (κ2) is 7.98. The van der Waals surface area contributed by atoms with Gasteiger partial charge in [-0.25, -0.2) is 4.79 Å². The normalized spacial score (nSPS) is 9.96. The van der Waals surface area contributed by atoms with Crippen molar-refractivity contribution in [2.45, 2.75) is 26.4 Å². The van der Waals surface area contributed by atoms with Crippen molar-refractivity contribution >= 4 is 11.9 Å². The van der Waals surface area contributed by atoms with Crippen molar-refractivity contribution in [1.82, 2.24) is 0 Å². The van der Waals surface area contributed by atoms with Crippen LogP contribution in [0.15, 0.2) is 48.5 Å². The molecule has 24 heavy (non-hydrogen) atoms. The van der Waals surface area contributed by atoms with Gasteiger partial charge in [-0.05, 0) is 49.7 Å². The molecule has 0 aliphatic rings. The number of ether oxygens (including phenoxy) is 1. The molecule has 0 bridgehead atoms. The van der Waals surface area contributed by atoms with Gasteiger partial charge in [0.25, 0.3) is 0 Å². The SMILES string of the molecule is CC(C)OC(=O)c1cccc(C#Cc2ccc(CC(=O)O)cc2)c1. The number of carboxylic acids is 1. The Hall–Kier alpha value is -3.06. The summed E-state index contributed by atoms with van der Waals surface area (Å²) in [5.74, 6) is 4.76. The maximum atomic E-state index is 11.9. The Bertz CT molecular complexity index is 792. The van der Waals surface area contributed by atoms with Crippen LogP contribution in [0.2, 0.25) is 0 Å². The molecule has 0 saturated carbocycles. The van der Waals surface area contributed by atoms with Crippen molar-refractivity contribution < 1.29 is 19.4 Å². The Labute approximate surface area is 141 Å². The van der Waals surface area contributed by atoms with Gasteiger partial charge in [0, 0.05) is 11.1 Å². The van der Waals surface area contributed by atoms with Crippen molar-refractivity contribution in [3.63, 3.8) is 0 Å². The van der Waals surface area contributed by atoms with Crippen molar-refractivity contribution in [1.29, 1.82) is 0 Å². The predicted molar refractivity (Wildman–Crippen MR) is 90.8 cm³/mol. The van der Waals surface area contributed by atoms with Crippen LogP contribution >= 0.6 is 0 Å². The highest BCUT2D eigenvalue weighted by atomic mass is 16.5. The summed E-state index contributed by atoms with van der Waals surface area (Å²) in [5.41, 5.74) is 2.68. The average Bonchev–Trinajstić information content (AvgIpc) is 2.53. The molecule has 4 heteroatoms. The minimum absolute atomic E-state index is 0.00623. The van der Waals surface area contributed by atoms with Crippen LogP contribution in [0.25, 0.3) is 0 Å². The van der Waals surface area contributed by atoms with Crippen molar-refractivity contribution in [3.05, 3.63) is 70.8 Å². The highest BCUT2D eigenvalue weighted by Gasteiger charge is 2.08. The van der Waals surface area contributed by atoms with Gasteiger partial charge in [0.15, 0.2) is 0 Å². The monoisotopic (exact) mass is 322 g/mol. The Morgan fingerprint density at radius 3 is 2.33 bits per heavy atom. The van der Waals surface area contributed by atoms with Crippen LogP contribution in [-0.4, -0.2) is 23.1 Å². The standard InChI is InChI=1S/C20H18O4/c1-14(2)24-20(23)18-5-3-4-16(12-18)9-6-15-7-10-17(11-8-15)13-19(21)22/h3-5,7-8,10-12,14H,13H2,1-2H3,(H,21,22). The maximum absolute atomic E-state index is 11.9. The zero-order chi connectivity index (χ0) is 17.5. The van der Waals surface area contributed by atoms with Crippen LogP contribution in [0.5, 0.6) is 0 Å². The molecule has 0 saturated heterocycles. The van der Waals surface area contributed by atoms with Gasteiger partial charge >= 0.3 is 11.9 Å². The Balaban J connectivity index is 2.13. The number of esters is 1. The van der Waals surface area contributed by atoms with E-state index in [1.54, 1.807) is 56.3 Å². The first-order valence-electron chi connectivity index (χ1n) is 7.58. The topological polar surface area (TPSA) is 63.6 Å². The van der Waals surface area contributed by atoms with Gasteiger partial charge in [-0.15, -0.1) is 0 Å². The van der Waals surface area contributed by atoms with Crippen molar-refractivity contribution in [2.24, 2.45) is 0 Å². The number of carbonyl (C=O) groups excluding carboxylic acids is 1. The maximum Gasteiger partial charge on any atom is 0.338 e. The molecule has 0 unspecified atom stereocenters. The molecule has 2 aromatic rings. The van der Waals surface area contributed by atoms with Gasteiger partial charge in [0.1, 0.15) is 0 Å². The third-order valence-corrected chi connectivity index (χ3v) is 3.10. The summed E-state index contributed by atoms with van der Waals surface area (Å²) < 4.78 is 5.16. The quantitative estimate of drug-likeness (QED) is 0.693. The van der Waals surface area contributed by atoms with E-state index >= 15 is 0 Å². The average molecular weight is 322 g/mol. The van der Waals surface area contributed by atoms with Crippen LogP contribution in [0.3, 0.4) is 0 Å². The minimum Gasteiger partial charge on any atom is -0.481 e. The molecule has 0 amide bonds. The molecule has 0 aromatic heterocycles. The molecule has 2 rings (SSSR count). The predicted octanol–water partition coefficient (Wildman–Crippen LogP) is 3.28. The molecular weight excluding hydrogens is 304 g/mol. The first-order chi connectivity index (χ1) is 11.4. The lowest BCUT2D eigenvalue weighted by Crippen LogP contribution is -2.11. The Morgan fingerprint density at radius 2 is 1.71 bits per heavy atom. The molecule has 122 valence electrons. The van der Waals surface area contributed by atoms with E-state index in [0.717, 1.165) is 11.1 Å². The molecule has 0 radical (unpaired) electrons. The van der Waals surface area contributed by atoms with Gasteiger partial charge in [0.2, 0.25) is 0 Å². The van der Waals surface area contributed by atoms with Crippen LogP contribution in [0, 0.1) is 11.8 Å². The number of benzene rings is 2. The summed E-state index contributed by atoms with van der Waals surface area (Å²) in [4.78, 5) is 22.5. The summed E-state index contributed by atoms with van der Waals surface area (Å²) in [6, 6.07) is 14.0. The second-order valence-corrected chi connectivity index (χ2v) is 5.55. The second-order valence-electron chi connectivity index (χ2n) is 5.55. The third kappa shape index (κ3) is 5.29. The Kier molecular flexibility index (Phi) is 5.75. The van der Waals surface area contributed by atoms with Gasteiger partial charge in [-0.2, -0.15) is 0 Å². The van der Waals surface area contributed by atoms with E-state index in [1.165, 1.54) is 0 Å². The largest absolute Gasteiger partial charge is 0.481 e. The van der Waals surface area contributed by atoms with Crippen molar-refractivity contribution in [2.75, 3.05) is 0 Å². The smallest absolute Gasteiger partial charge is 0.338 e. The molecule has 0 aliphatic heterocycles. The number of aliphatic carboxylic acids is 1. The van der Waals surface area contributed by atoms with E-state index < -0.39 is 5.97 Å². The zero-order valence-electron chi connectivity index (χ0n) is 13.6. The molecule has 4 nitrogen and oxygen atoms in total. The van der Waals surface area contributed by atoms with E-state index in [4.69, 9.17) is 9.84 Å². The zero-order valence-corrected chi connectivity index (χ0v) is 13.6. The number of carbonyl (C=O) groups is 2. The lowest BCUT2D eigenvalue weighted by molar-refractivity contribution is -0.136. The molecular formula is C20H18O4. The fourth-order valence-corrected chi connectivity index (χ4v) is 2.03. The summed E-state index contributed by atoms with van der Waals surface area (Å²) in [7, 11) is 0. The fourth-order valence-electron chi connectivity index (χ4n) is 2.03. The number of carboxylic acid groups (broad SMARTS) is 1. The third-order valence-electron chi connectivity index (χ3n) is 3.10. The van der Waals surface area contributed by atoms with Gasteiger partial charge < -0.3 is 9.84 Å². The fraction of sp³-hybridized carbons (Fsp3) is 0.200. The van der Waals surface area contributed by atoms with Crippen molar-refractivity contribution in [3.8, 4) is 11.8 Å². The first kappa shape index (κ1) is 17.3. The Morgan fingerprint density at radius 1 is 1.04 bits per heavy atom. The van der Waals surface area contributed by atoms with Gasteiger partial charge in [0.05, 0.1) is 18.1 Å². The van der Waals surface area contributed by atoms with E-state index in [0.29, 0.717) is 11.1 Å². The van der Waals surface area contributed by atoms with E-state index in [1.807, 2.05) is 6.07 Å². The van der Waals surface area contributed by atoms with Crippen LogP contribution in [0.1, 0.15) is 40.9 Å². The highest BCUT2D eigenvalue weighted by Crippen LogP contribution is 2.08. The molecule has 0 atom stereocenters. The number of rotatable bonds is 4. The molecule has 0 spiro atoms. The molecule has 2 aromatic carbocycles. The lowest BCUT2D eigenvalue weighted by Gasteiger charge is -2.07. The molecule has 0 fully saturated rings. The number of hydrogen-bond donors (Lipinski definition) is 1. The molecule has 0 heterocycles. The summed E-state index contributed by atoms with van der Waals surface area (Å²) >= 11 is 0. The summed E-state index contributed by atoms with van der Waals surface area (Å²) in [5, 5.41) is 8.75. The van der Waals surface area contributed by atoms with Crippen LogP contribution in [-0.2, 0) is 16.0 Å². The minimum atomic E-state index is -0.862. The lowest BCUT2D eigenvalue weighted by atomic mass is 10.1. The highest BCUT2D eigenvalue weighted by molar-refractivity contribution is 5.89. The molecule has 1 N–H and O–H groups in total. The molecule has 0 aliphatic carbocycles. The summed E-state index contributed by atoms with van der Waals surface area (Å²) in [6.45, 7) is 3.60. The summed E-state index contributed by atoms with van der Waals surface area (Å²) in [6.07, 6.45) is -0.176. The van der Waals surface area contributed by atoms with E-state index in [2.05, 4.69) is 11.8 Å². The number of hydrogen-bond acceptors (Lipinski definition) is 3. The van der Waals surface area contributed by atoms with Gasteiger partial charge in [-0.3, -0.25) is 4.79 Å². The van der Waals surface area contributed by atoms with Gasteiger partial charge in [-0.1, -0.05) is 30.0 Å².